The van der Waals surface area contributed by atoms with Gasteiger partial charge in [-0.1, -0.05) is 13.8 Å². The summed E-state index contributed by atoms with van der Waals surface area (Å²) >= 11 is 0. The third-order valence-electron chi connectivity index (χ3n) is 2.09. The van der Waals surface area contributed by atoms with Crippen molar-refractivity contribution >= 4 is 5.91 Å². The molecule has 4 heteroatoms. The average Bonchev–Trinajstić information content (AvgIpc) is 2.14. The van der Waals surface area contributed by atoms with Gasteiger partial charge in [0.2, 0.25) is 5.91 Å². The number of ether oxygens (including phenoxy) is 1. The molecule has 0 spiro atoms. The molecule has 0 radical (unpaired) electrons. The van der Waals surface area contributed by atoms with E-state index >= 15 is 0 Å². The maximum absolute atomic E-state index is 11.4. The number of hydrogen-bond donors (Lipinski definition) is 1. The molecule has 0 saturated carbocycles. The van der Waals surface area contributed by atoms with Crippen LogP contribution >= 0.6 is 0 Å². The van der Waals surface area contributed by atoms with E-state index in [-0.39, 0.29) is 11.9 Å². The number of nitrogens with zero attached hydrogens (tertiary/aromatic N) is 1. The summed E-state index contributed by atoms with van der Waals surface area (Å²) in [5, 5.41) is 2.87. The van der Waals surface area contributed by atoms with Crippen molar-refractivity contribution in [2.75, 3.05) is 33.4 Å². The first-order valence-electron chi connectivity index (χ1n) is 5.14. The van der Waals surface area contributed by atoms with Crippen LogP contribution < -0.4 is 5.32 Å². The highest BCUT2D eigenvalue weighted by atomic mass is 16.5. The molecule has 0 rings (SSSR count). The van der Waals surface area contributed by atoms with E-state index in [1.54, 1.807) is 7.11 Å². The Balaban J connectivity index is 3.73. The summed E-state index contributed by atoms with van der Waals surface area (Å²) in [5.74, 6) is 0.0678. The smallest absolute Gasteiger partial charge is 0.234 e. The number of carbonyl (C=O) groups is 1. The van der Waals surface area contributed by atoms with E-state index in [0.717, 1.165) is 13.1 Å². The van der Waals surface area contributed by atoms with E-state index in [0.29, 0.717) is 13.2 Å². The first-order chi connectivity index (χ1) is 6.63. The fraction of sp³-hybridized carbons (Fsp3) is 0.900. The summed E-state index contributed by atoms with van der Waals surface area (Å²) in [7, 11) is 1.63. The first-order valence-corrected chi connectivity index (χ1v) is 5.14. The summed E-state index contributed by atoms with van der Waals surface area (Å²) in [6.45, 7) is 8.88. The summed E-state index contributed by atoms with van der Waals surface area (Å²) < 4.78 is 4.93. The minimum Gasteiger partial charge on any atom is -0.383 e. The highest BCUT2D eigenvalue weighted by molar-refractivity contribution is 5.78. The zero-order valence-electron chi connectivity index (χ0n) is 9.67. The maximum Gasteiger partial charge on any atom is 0.234 e. The Morgan fingerprint density at radius 3 is 2.43 bits per heavy atom. The molecule has 0 aromatic heterocycles. The molecular formula is C10H22N2O2. The van der Waals surface area contributed by atoms with Crippen LogP contribution in [0.25, 0.3) is 0 Å². The molecule has 1 amide bonds. The molecule has 1 N–H and O–H groups in total. The van der Waals surface area contributed by atoms with Crippen molar-refractivity contribution in [3.05, 3.63) is 0 Å². The van der Waals surface area contributed by atoms with E-state index < -0.39 is 0 Å². The Bertz CT molecular complexity index is 158. The van der Waals surface area contributed by atoms with Crippen LogP contribution in [0.5, 0.6) is 0 Å². The van der Waals surface area contributed by atoms with Crippen molar-refractivity contribution in [3.63, 3.8) is 0 Å². The largest absolute Gasteiger partial charge is 0.383 e. The molecule has 4 nitrogen and oxygen atoms in total. The van der Waals surface area contributed by atoms with Gasteiger partial charge in [-0.3, -0.25) is 9.69 Å². The van der Waals surface area contributed by atoms with Gasteiger partial charge in [0.15, 0.2) is 0 Å². The minimum absolute atomic E-state index is 0.0678. The highest BCUT2D eigenvalue weighted by Crippen LogP contribution is 1.88. The van der Waals surface area contributed by atoms with Gasteiger partial charge in [0, 0.05) is 13.2 Å². The van der Waals surface area contributed by atoms with E-state index in [1.165, 1.54) is 0 Å². The lowest BCUT2D eigenvalue weighted by molar-refractivity contribution is -0.123. The molecule has 0 aliphatic rings. The number of nitrogens with one attached hydrogen (secondary N) is 1. The molecule has 0 aromatic rings. The monoisotopic (exact) mass is 202 g/mol. The van der Waals surface area contributed by atoms with Gasteiger partial charge in [-0.15, -0.1) is 0 Å². The van der Waals surface area contributed by atoms with Crippen molar-refractivity contribution in [1.29, 1.82) is 0 Å². The molecule has 84 valence electrons. The number of amides is 1. The van der Waals surface area contributed by atoms with E-state index in [9.17, 15) is 4.79 Å². The van der Waals surface area contributed by atoms with Crippen LogP contribution in [0.4, 0.5) is 0 Å². The Morgan fingerprint density at radius 2 is 2.00 bits per heavy atom. The van der Waals surface area contributed by atoms with Gasteiger partial charge in [0.1, 0.15) is 0 Å². The zero-order chi connectivity index (χ0) is 11.0. The second-order valence-corrected chi connectivity index (χ2v) is 3.39. The van der Waals surface area contributed by atoms with Crippen molar-refractivity contribution in [3.8, 4) is 0 Å². The van der Waals surface area contributed by atoms with Crippen molar-refractivity contribution < 1.29 is 9.53 Å². The summed E-state index contributed by atoms with van der Waals surface area (Å²) in [6, 6.07) is 0.0862. The predicted molar refractivity (Wildman–Crippen MR) is 57.3 cm³/mol. The van der Waals surface area contributed by atoms with Gasteiger partial charge in [-0.05, 0) is 20.0 Å². The first kappa shape index (κ1) is 13.4. The summed E-state index contributed by atoms with van der Waals surface area (Å²) in [6.07, 6.45) is 0. The van der Waals surface area contributed by atoms with E-state index in [1.807, 2.05) is 6.92 Å². The SMILES string of the molecule is CCN(CC)CC(=O)NC(C)COC. The lowest BCUT2D eigenvalue weighted by Gasteiger charge is -2.19. The van der Waals surface area contributed by atoms with E-state index in [4.69, 9.17) is 4.74 Å². The Morgan fingerprint density at radius 1 is 1.43 bits per heavy atom. The standard InChI is InChI=1S/C10H22N2O2/c1-5-12(6-2)7-10(13)11-9(3)8-14-4/h9H,5-8H2,1-4H3,(H,11,13). The molecule has 0 saturated heterocycles. The van der Waals surface area contributed by atoms with Gasteiger partial charge in [-0.25, -0.2) is 0 Å². The van der Waals surface area contributed by atoms with Crippen LogP contribution in [0.1, 0.15) is 20.8 Å². The average molecular weight is 202 g/mol. The van der Waals surface area contributed by atoms with Gasteiger partial charge >= 0.3 is 0 Å². The predicted octanol–water partition coefficient (Wildman–Crippen LogP) is 0.479. The topological polar surface area (TPSA) is 41.6 Å². The molecule has 0 aliphatic carbocycles. The van der Waals surface area contributed by atoms with Crippen LogP contribution in [0.3, 0.4) is 0 Å². The minimum atomic E-state index is 0.0678. The second-order valence-electron chi connectivity index (χ2n) is 3.39. The molecule has 1 atom stereocenters. The van der Waals surface area contributed by atoms with Crippen molar-refractivity contribution in [1.82, 2.24) is 10.2 Å². The zero-order valence-corrected chi connectivity index (χ0v) is 9.67. The third-order valence-corrected chi connectivity index (χ3v) is 2.09. The quantitative estimate of drug-likeness (QED) is 0.653. The van der Waals surface area contributed by atoms with Gasteiger partial charge in [0.05, 0.1) is 13.2 Å². The van der Waals surface area contributed by atoms with Crippen LogP contribution in [0.15, 0.2) is 0 Å². The van der Waals surface area contributed by atoms with Crippen molar-refractivity contribution in [2.45, 2.75) is 26.8 Å². The molecule has 0 heterocycles. The molecule has 0 fully saturated rings. The van der Waals surface area contributed by atoms with Crippen LogP contribution in [0.2, 0.25) is 0 Å². The third kappa shape index (κ3) is 5.94. The fourth-order valence-electron chi connectivity index (χ4n) is 1.26. The number of hydrogen-bond acceptors (Lipinski definition) is 3. The van der Waals surface area contributed by atoms with Crippen molar-refractivity contribution in [2.24, 2.45) is 0 Å². The maximum atomic E-state index is 11.4. The Labute approximate surface area is 86.6 Å². The molecule has 1 unspecified atom stereocenters. The van der Waals surface area contributed by atoms with Crippen LogP contribution in [0, 0.1) is 0 Å². The lowest BCUT2D eigenvalue weighted by Crippen LogP contribution is -2.42. The molecule has 14 heavy (non-hydrogen) atoms. The highest BCUT2D eigenvalue weighted by Gasteiger charge is 2.09. The Hall–Kier alpha value is -0.610. The Kier molecular flexibility index (Phi) is 7.42. The molecule has 0 aliphatic heterocycles. The number of likely N-dealkylation sites (N-methyl/N-ethyl adjacent to an activating group) is 1. The van der Waals surface area contributed by atoms with Crippen LogP contribution in [-0.2, 0) is 9.53 Å². The lowest BCUT2D eigenvalue weighted by atomic mass is 10.3. The fourth-order valence-corrected chi connectivity index (χ4v) is 1.26. The number of carbonyl (C=O) groups excluding carboxylic acids is 1. The number of methoxy groups -OCH3 is 1. The normalized spacial score (nSPS) is 12.9. The molecular weight excluding hydrogens is 180 g/mol. The molecule has 0 aromatic carbocycles. The summed E-state index contributed by atoms with van der Waals surface area (Å²) in [5.41, 5.74) is 0. The van der Waals surface area contributed by atoms with E-state index in [2.05, 4.69) is 24.1 Å². The van der Waals surface area contributed by atoms with Crippen LogP contribution in [-0.4, -0.2) is 50.2 Å². The van der Waals surface area contributed by atoms with Gasteiger partial charge in [-0.2, -0.15) is 0 Å². The number of rotatable bonds is 7. The summed E-state index contributed by atoms with van der Waals surface area (Å²) in [4.78, 5) is 13.5. The van der Waals surface area contributed by atoms with Gasteiger partial charge < -0.3 is 10.1 Å². The molecule has 0 bridgehead atoms. The van der Waals surface area contributed by atoms with Gasteiger partial charge in [0.25, 0.3) is 0 Å². The second kappa shape index (κ2) is 7.76.